The molecule has 4 rings (SSSR count). The van der Waals surface area contributed by atoms with Gasteiger partial charge < -0.3 is 5.32 Å². The second-order valence-corrected chi connectivity index (χ2v) is 8.01. The molecule has 11 heteroatoms. The van der Waals surface area contributed by atoms with E-state index >= 15 is 0 Å². The molecule has 3 aromatic rings. The Hall–Kier alpha value is -2.46. The van der Waals surface area contributed by atoms with Crippen molar-refractivity contribution in [2.24, 2.45) is 4.99 Å². The zero-order valence-corrected chi connectivity index (χ0v) is 18.7. The van der Waals surface area contributed by atoms with Crippen LogP contribution in [0.4, 0.5) is 5.69 Å². The van der Waals surface area contributed by atoms with Crippen molar-refractivity contribution >= 4 is 56.6 Å². The number of pyridine rings is 1. The van der Waals surface area contributed by atoms with Crippen LogP contribution < -0.4 is 10.8 Å². The fourth-order valence-electron chi connectivity index (χ4n) is 2.98. The van der Waals surface area contributed by atoms with Crippen molar-refractivity contribution in [1.29, 1.82) is 0 Å². The lowest BCUT2D eigenvalue weighted by atomic mass is 10.1. The molecule has 2 aromatic heterocycles. The average molecular weight is 510 g/mol. The number of benzene rings is 1. The lowest BCUT2D eigenvalue weighted by Crippen LogP contribution is -2.32. The number of aromatic nitrogens is 3. The first-order chi connectivity index (χ1) is 14.4. The Labute approximate surface area is 190 Å². The van der Waals surface area contributed by atoms with Gasteiger partial charge in [0.15, 0.2) is 11.7 Å². The first-order valence-corrected chi connectivity index (χ1v) is 10.4. The van der Waals surface area contributed by atoms with E-state index in [4.69, 9.17) is 28.0 Å². The molecule has 1 aromatic carbocycles. The molecule has 0 atom stereocenters. The molecule has 1 amide bonds. The largest absolute Gasteiger partial charge is 0.320 e. The summed E-state index contributed by atoms with van der Waals surface area (Å²) in [5.41, 5.74) is 4.97. The fourth-order valence-corrected chi connectivity index (χ4v) is 3.83. The molecule has 0 bridgehead atoms. The van der Waals surface area contributed by atoms with Crippen LogP contribution in [0.1, 0.15) is 21.6 Å². The van der Waals surface area contributed by atoms with Crippen molar-refractivity contribution in [3.8, 4) is 5.82 Å². The number of nitrogens with zero attached hydrogens (tertiary/aromatic N) is 4. The monoisotopic (exact) mass is 508 g/mol. The van der Waals surface area contributed by atoms with Crippen LogP contribution in [0.5, 0.6) is 0 Å². The minimum Gasteiger partial charge on any atom is -0.320 e. The van der Waals surface area contributed by atoms with E-state index in [2.05, 4.69) is 41.8 Å². The van der Waals surface area contributed by atoms with E-state index in [1.165, 1.54) is 4.68 Å². The van der Waals surface area contributed by atoms with E-state index in [-0.39, 0.29) is 5.69 Å². The van der Waals surface area contributed by atoms with E-state index in [9.17, 15) is 4.79 Å². The molecule has 8 nitrogen and oxygen atoms in total. The smallest absolute Gasteiger partial charge is 0.274 e. The molecule has 154 valence electrons. The molecule has 0 aliphatic carbocycles. The third-order valence-electron chi connectivity index (χ3n) is 4.28. The Morgan fingerprint density at radius 3 is 2.90 bits per heavy atom. The van der Waals surface area contributed by atoms with Gasteiger partial charge in [0.25, 0.3) is 5.91 Å². The second kappa shape index (κ2) is 8.73. The predicted molar refractivity (Wildman–Crippen MR) is 119 cm³/mol. The van der Waals surface area contributed by atoms with Crippen molar-refractivity contribution in [3.05, 3.63) is 68.0 Å². The zero-order valence-electron chi connectivity index (χ0n) is 15.6. The van der Waals surface area contributed by atoms with Crippen LogP contribution >= 0.6 is 39.1 Å². The van der Waals surface area contributed by atoms with Gasteiger partial charge in [0.2, 0.25) is 0 Å². The molecule has 0 saturated carbocycles. The fraction of sp³-hybridized carbons (Fsp3) is 0.158. The number of hydroxylamine groups is 1. The highest BCUT2D eigenvalue weighted by Gasteiger charge is 2.22. The van der Waals surface area contributed by atoms with Crippen molar-refractivity contribution < 1.29 is 9.63 Å². The number of hydrogen-bond acceptors (Lipinski definition) is 6. The predicted octanol–water partition coefficient (Wildman–Crippen LogP) is 4.18. The summed E-state index contributed by atoms with van der Waals surface area (Å²) in [5, 5.41) is 8.12. The van der Waals surface area contributed by atoms with E-state index in [1.807, 2.05) is 6.92 Å². The molecule has 0 spiro atoms. The highest BCUT2D eigenvalue weighted by Crippen LogP contribution is 2.28. The number of carbonyl (C=O) groups excluding carboxylic acids is 1. The van der Waals surface area contributed by atoms with Crippen molar-refractivity contribution in [3.63, 3.8) is 0 Å². The number of aryl methyl sites for hydroxylation is 1. The Kier molecular flexibility index (Phi) is 6.05. The summed E-state index contributed by atoms with van der Waals surface area (Å²) in [5.74, 6) is 0.429. The molecule has 0 fully saturated rings. The maximum Gasteiger partial charge on any atom is 0.274 e. The van der Waals surface area contributed by atoms with Crippen molar-refractivity contribution in [2.75, 3.05) is 18.5 Å². The van der Waals surface area contributed by atoms with Crippen molar-refractivity contribution in [1.82, 2.24) is 20.2 Å². The Balaban J connectivity index is 1.74. The van der Waals surface area contributed by atoms with E-state index in [0.717, 1.165) is 5.56 Å². The van der Waals surface area contributed by atoms with Gasteiger partial charge in [-0.1, -0.05) is 23.2 Å². The van der Waals surface area contributed by atoms with Crippen LogP contribution in [0.15, 0.2) is 46.1 Å². The molecule has 30 heavy (non-hydrogen) atoms. The van der Waals surface area contributed by atoms with Crippen LogP contribution in [0.2, 0.25) is 10.0 Å². The van der Waals surface area contributed by atoms with Crippen LogP contribution in [-0.2, 0) is 4.84 Å². The normalized spacial score (nSPS) is 13.5. The molecular formula is C19H15BrCl2N6O2. The number of anilines is 1. The number of aliphatic imine (C=N–C) groups is 1. The minimum absolute atomic E-state index is 0.248. The van der Waals surface area contributed by atoms with Gasteiger partial charge >= 0.3 is 0 Å². The van der Waals surface area contributed by atoms with Gasteiger partial charge in [-0.05, 0) is 52.7 Å². The zero-order chi connectivity index (χ0) is 21.3. The molecule has 3 heterocycles. The van der Waals surface area contributed by atoms with Gasteiger partial charge in [-0.15, -0.1) is 0 Å². The molecule has 0 radical (unpaired) electrons. The highest BCUT2D eigenvalue weighted by atomic mass is 79.9. The van der Waals surface area contributed by atoms with Gasteiger partial charge in [0, 0.05) is 22.8 Å². The molecular weight excluding hydrogens is 495 g/mol. The summed E-state index contributed by atoms with van der Waals surface area (Å²) in [7, 11) is 0. The highest BCUT2D eigenvalue weighted by molar-refractivity contribution is 9.10. The Bertz CT molecular complexity index is 1160. The molecule has 0 saturated heterocycles. The van der Waals surface area contributed by atoms with Crippen molar-refractivity contribution in [2.45, 2.75) is 6.92 Å². The Morgan fingerprint density at radius 2 is 2.17 bits per heavy atom. The lowest BCUT2D eigenvalue weighted by molar-refractivity contribution is 0.0826. The SMILES string of the molecule is Cc1cc(Cl)cc(C2=NCCON2)c1NC(=O)c1cc(Br)nn1-c1ncccc1Cl. The third-order valence-corrected chi connectivity index (χ3v) is 5.18. The van der Waals surface area contributed by atoms with Gasteiger partial charge in [0.05, 0.1) is 23.9 Å². The maximum atomic E-state index is 13.2. The van der Waals surface area contributed by atoms with Crippen LogP contribution in [0, 0.1) is 6.92 Å². The molecule has 0 unspecified atom stereocenters. The molecule has 2 N–H and O–H groups in total. The van der Waals surface area contributed by atoms with E-state index in [1.54, 1.807) is 36.5 Å². The number of carbonyl (C=O) groups is 1. The first-order valence-electron chi connectivity index (χ1n) is 8.84. The third kappa shape index (κ3) is 4.20. The van der Waals surface area contributed by atoms with Crippen LogP contribution in [-0.4, -0.2) is 39.7 Å². The van der Waals surface area contributed by atoms with E-state index < -0.39 is 5.91 Å². The quantitative estimate of drug-likeness (QED) is 0.550. The number of hydrogen-bond donors (Lipinski definition) is 2. The minimum atomic E-state index is -0.404. The lowest BCUT2D eigenvalue weighted by Gasteiger charge is -2.19. The number of rotatable bonds is 4. The van der Waals surface area contributed by atoms with Gasteiger partial charge in [-0.25, -0.2) is 15.1 Å². The molecule has 1 aliphatic rings. The maximum absolute atomic E-state index is 13.2. The topological polar surface area (TPSA) is 93.4 Å². The summed E-state index contributed by atoms with van der Waals surface area (Å²) >= 11 is 15.8. The Morgan fingerprint density at radius 1 is 1.33 bits per heavy atom. The summed E-state index contributed by atoms with van der Waals surface area (Å²) in [4.78, 5) is 27.1. The van der Waals surface area contributed by atoms with Gasteiger partial charge in [0.1, 0.15) is 10.3 Å². The summed E-state index contributed by atoms with van der Waals surface area (Å²) in [6, 6.07) is 8.44. The molecule has 1 aliphatic heterocycles. The number of halogens is 3. The van der Waals surface area contributed by atoms with Crippen LogP contribution in [0.3, 0.4) is 0 Å². The summed E-state index contributed by atoms with van der Waals surface area (Å²) in [6.45, 7) is 2.81. The van der Waals surface area contributed by atoms with Gasteiger partial charge in [-0.2, -0.15) is 5.10 Å². The second-order valence-electron chi connectivity index (χ2n) is 6.35. The summed E-state index contributed by atoms with van der Waals surface area (Å²) < 4.78 is 1.85. The number of amides is 1. The number of nitrogens with one attached hydrogen (secondary N) is 2. The number of amidine groups is 1. The van der Waals surface area contributed by atoms with E-state index in [0.29, 0.717) is 50.7 Å². The standard InChI is InChI=1S/C19H15BrCl2N6O2/c1-10-7-11(21)8-12(17-23-5-6-30-27-17)16(10)25-19(29)14-9-15(20)26-28(14)18-13(22)3-2-4-24-18/h2-4,7-9H,5-6H2,1H3,(H,23,27)(H,25,29). The van der Waals surface area contributed by atoms with Crippen LogP contribution in [0.25, 0.3) is 5.82 Å². The van der Waals surface area contributed by atoms with Gasteiger partial charge in [-0.3, -0.25) is 14.6 Å². The first kappa shape index (κ1) is 20.8. The summed E-state index contributed by atoms with van der Waals surface area (Å²) in [6.07, 6.45) is 1.58. The average Bonchev–Trinajstić information content (AvgIpc) is 3.12.